The molecule has 2 aromatic carbocycles. The van der Waals surface area contributed by atoms with Crippen molar-refractivity contribution in [2.75, 3.05) is 13.6 Å². The standard InChI is InChI=1S/C13H12FNO4S/c1-15(8-13(16)17)20(18,19)12-7-6-11(14)9-4-2-3-5-10(9)12/h2-7H,8H2,1H3,(H,16,17)/p-1. The molecule has 0 bridgehead atoms. The molecule has 0 aliphatic heterocycles. The zero-order chi connectivity index (χ0) is 14.9. The van der Waals surface area contributed by atoms with Gasteiger partial charge in [-0.05, 0) is 12.1 Å². The molecule has 0 N–H and O–H groups in total. The second kappa shape index (κ2) is 5.18. The number of sulfonamides is 1. The normalized spacial score (nSPS) is 11.9. The highest BCUT2D eigenvalue weighted by molar-refractivity contribution is 7.89. The number of rotatable bonds is 4. The van der Waals surface area contributed by atoms with E-state index in [4.69, 9.17) is 0 Å². The van der Waals surface area contributed by atoms with Crippen LogP contribution >= 0.6 is 0 Å². The van der Waals surface area contributed by atoms with E-state index >= 15 is 0 Å². The predicted molar refractivity (Wildman–Crippen MR) is 68.7 cm³/mol. The van der Waals surface area contributed by atoms with Gasteiger partial charge in [-0.2, -0.15) is 4.31 Å². The first-order chi connectivity index (χ1) is 9.34. The van der Waals surface area contributed by atoms with Crippen LogP contribution in [0, 0.1) is 5.82 Å². The van der Waals surface area contributed by atoms with Crippen LogP contribution in [0.1, 0.15) is 0 Å². The number of carboxylic acid groups (broad SMARTS) is 1. The molecule has 0 saturated heterocycles. The minimum absolute atomic E-state index is 0.141. The summed E-state index contributed by atoms with van der Waals surface area (Å²) in [4.78, 5) is 10.4. The summed E-state index contributed by atoms with van der Waals surface area (Å²) in [5, 5.41) is 10.9. The van der Waals surface area contributed by atoms with E-state index in [2.05, 4.69) is 0 Å². The number of likely N-dealkylation sites (N-methyl/N-ethyl adjacent to an activating group) is 1. The molecule has 5 nitrogen and oxygen atoms in total. The van der Waals surface area contributed by atoms with E-state index in [1.165, 1.54) is 12.1 Å². The van der Waals surface area contributed by atoms with E-state index < -0.39 is 28.4 Å². The topological polar surface area (TPSA) is 77.5 Å². The number of nitrogens with zero attached hydrogens (tertiary/aromatic N) is 1. The van der Waals surface area contributed by atoms with E-state index in [0.29, 0.717) is 4.31 Å². The van der Waals surface area contributed by atoms with Crippen molar-refractivity contribution in [2.24, 2.45) is 0 Å². The molecule has 2 rings (SSSR count). The first-order valence-corrected chi connectivity index (χ1v) is 7.11. The third-order valence-electron chi connectivity index (χ3n) is 2.87. The highest BCUT2D eigenvalue weighted by Crippen LogP contribution is 2.27. The van der Waals surface area contributed by atoms with E-state index in [1.54, 1.807) is 12.1 Å². The van der Waals surface area contributed by atoms with Gasteiger partial charge in [0.25, 0.3) is 0 Å². The number of carboxylic acids is 1. The van der Waals surface area contributed by atoms with E-state index in [1.807, 2.05) is 0 Å². The maximum absolute atomic E-state index is 13.7. The summed E-state index contributed by atoms with van der Waals surface area (Å²) in [6.45, 7) is -0.770. The van der Waals surface area contributed by atoms with Gasteiger partial charge in [-0.1, -0.05) is 24.3 Å². The van der Waals surface area contributed by atoms with Crippen molar-refractivity contribution in [3.8, 4) is 0 Å². The summed E-state index contributed by atoms with van der Waals surface area (Å²) < 4.78 is 38.9. The molecule has 106 valence electrons. The number of fused-ring (bicyclic) bond motifs is 1. The van der Waals surface area contributed by atoms with Crippen molar-refractivity contribution in [3.63, 3.8) is 0 Å². The number of hydrogen-bond acceptors (Lipinski definition) is 4. The fraction of sp³-hybridized carbons (Fsp3) is 0.154. The summed E-state index contributed by atoms with van der Waals surface area (Å²) in [6.07, 6.45) is 0. The van der Waals surface area contributed by atoms with E-state index in [-0.39, 0.29) is 15.7 Å². The molecular weight excluding hydrogens is 285 g/mol. The van der Waals surface area contributed by atoms with Gasteiger partial charge in [0.05, 0.1) is 17.4 Å². The van der Waals surface area contributed by atoms with Crippen LogP contribution in [-0.4, -0.2) is 32.3 Å². The van der Waals surface area contributed by atoms with Crippen LogP contribution in [0.3, 0.4) is 0 Å². The van der Waals surface area contributed by atoms with Crippen LogP contribution in [0.25, 0.3) is 10.8 Å². The summed E-state index contributed by atoms with van der Waals surface area (Å²) in [7, 11) is -2.90. The lowest BCUT2D eigenvalue weighted by atomic mass is 10.1. The molecule has 0 heterocycles. The van der Waals surface area contributed by atoms with Gasteiger partial charge >= 0.3 is 0 Å². The Labute approximate surface area is 115 Å². The molecule has 0 aromatic heterocycles. The maximum Gasteiger partial charge on any atom is 0.243 e. The van der Waals surface area contributed by atoms with Crippen molar-refractivity contribution in [1.82, 2.24) is 4.31 Å². The Balaban J connectivity index is 2.64. The number of aliphatic carboxylic acids is 1. The minimum Gasteiger partial charge on any atom is -0.549 e. The molecule has 0 unspecified atom stereocenters. The number of hydrogen-bond donors (Lipinski definition) is 0. The number of benzene rings is 2. The molecule has 2 aromatic rings. The molecule has 0 saturated carbocycles. The van der Waals surface area contributed by atoms with Gasteiger partial charge in [0.1, 0.15) is 5.82 Å². The van der Waals surface area contributed by atoms with Crippen LogP contribution in [0.5, 0.6) is 0 Å². The second-order valence-corrected chi connectivity index (χ2v) is 6.24. The van der Waals surface area contributed by atoms with Gasteiger partial charge in [0, 0.05) is 17.8 Å². The molecule has 7 heteroatoms. The van der Waals surface area contributed by atoms with Gasteiger partial charge in [-0.25, -0.2) is 12.8 Å². The largest absolute Gasteiger partial charge is 0.549 e. The maximum atomic E-state index is 13.7. The van der Waals surface area contributed by atoms with Crippen molar-refractivity contribution in [2.45, 2.75) is 4.90 Å². The Morgan fingerprint density at radius 3 is 2.40 bits per heavy atom. The average Bonchev–Trinajstić information content (AvgIpc) is 2.38. The molecule has 0 fully saturated rings. The fourth-order valence-corrected chi connectivity index (χ4v) is 3.20. The average molecular weight is 296 g/mol. The summed E-state index contributed by atoms with van der Waals surface area (Å²) in [6, 6.07) is 8.27. The molecule has 20 heavy (non-hydrogen) atoms. The molecule has 0 aliphatic rings. The summed E-state index contributed by atoms with van der Waals surface area (Å²) in [5.41, 5.74) is 0. The van der Waals surface area contributed by atoms with Gasteiger partial charge < -0.3 is 9.90 Å². The lowest BCUT2D eigenvalue weighted by molar-refractivity contribution is -0.305. The Morgan fingerprint density at radius 1 is 1.20 bits per heavy atom. The number of carbonyl (C=O) groups excluding carboxylic acids is 1. The Morgan fingerprint density at radius 2 is 1.80 bits per heavy atom. The minimum atomic E-state index is -4.03. The van der Waals surface area contributed by atoms with Crippen LogP contribution in [-0.2, 0) is 14.8 Å². The van der Waals surface area contributed by atoms with E-state index in [0.717, 1.165) is 19.2 Å². The van der Waals surface area contributed by atoms with E-state index in [9.17, 15) is 22.7 Å². The molecular formula is C13H11FNO4S-. The SMILES string of the molecule is CN(CC(=O)[O-])S(=O)(=O)c1ccc(F)c2ccccc12. The predicted octanol–water partition coefficient (Wildman–Crippen LogP) is 0.349. The number of carbonyl (C=O) groups is 1. The van der Waals surface area contributed by atoms with Crippen molar-refractivity contribution < 1.29 is 22.7 Å². The monoisotopic (exact) mass is 296 g/mol. The van der Waals surface area contributed by atoms with Gasteiger partial charge in [-0.3, -0.25) is 0 Å². The highest BCUT2D eigenvalue weighted by atomic mass is 32.2. The Hall–Kier alpha value is -1.99. The van der Waals surface area contributed by atoms with Crippen molar-refractivity contribution in [1.29, 1.82) is 0 Å². The molecule has 0 amide bonds. The third-order valence-corrected chi connectivity index (χ3v) is 4.73. The zero-order valence-electron chi connectivity index (χ0n) is 10.5. The lowest BCUT2D eigenvalue weighted by Gasteiger charge is -2.18. The molecule has 0 atom stereocenters. The highest BCUT2D eigenvalue weighted by Gasteiger charge is 2.23. The second-order valence-electron chi connectivity index (χ2n) is 4.22. The van der Waals surface area contributed by atoms with Crippen molar-refractivity contribution in [3.05, 3.63) is 42.2 Å². The smallest absolute Gasteiger partial charge is 0.243 e. The van der Waals surface area contributed by atoms with Gasteiger partial charge in [0.2, 0.25) is 10.0 Å². The molecule has 0 spiro atoms. The molecule has 0 aliphatic carbocycles. The molecule has 0 radical (unpaired) electrons. The lowest BCUT2D eigenvalue weighted by Crippen LogP contribution is -2.39. The van der Waals surface area contributed by atoms with Gasteiger partial charge in [-0.15, -0.1) is 0 Å². The summed E-state index contributed by atoms with van der Waals surface area (Å²) in [5.74, 6) is -2.05. The van der Waals surface area contributed by atoms with Crippen LogP contribution in [0.15, 0.2) is 41.3 Å². The third kappa shape index (κ3) is 2.50. The van der Waals surface area contributed by atoms with Crippen LogP contribution in [0.2, 0.25) is 0 Å². The van der Waals surface area contributed by atoms with Crippen LogP contribution < -0.4 is 5.11 Å². The number of halogens is 1. The summed E-state index contributed by atoms with van der Waals surface area (Å²) >= 11 is 0. The first-order valence-electron chi connectivity index (χ1n) is 5.67. The quantitative estimate of drug-likeness (QED) is 0.815. The Kier molecular flexibility index (Phi) is 3.74. The zero-order valence-corrected chi connectivity index (χ0v) is 11.4. The van der Waals surface area contributed by atoms with Gasteiger partial charge in [0.15, 0.2) is 0 Å². The van der Waals surface area contributed by atoms with Crippen LogP contribution in [0.4, 0.5) is 4.39 Å². The van der Waals surface area contributed by atoms with Crippen molar-refractivity contribution >= 4 is 26.8 Å². The fourth-order valence-electron chi connectivity index (χ4n) is 1.89. The Bertz CT molecular complexity index is 773. The first kappa shape index (κ1) is 14.4.